The molecule has 1 fully saturated rings. The van der Waals surface area contributed by atoms with Gasteiger partial charge in [-0.05, 0) is 30.7 Å². The molecular weight excluding hydrogens is 338 g/mol. The molecule has 1 heterocycles. The van der Waals surface area contributed by atoms with Crippen LogP contribution in [0.25, 0.3) is 6.08 Å². The summed E-state index contributed by atoms with van der Waals surface area (Å²) in [5.41, 5.74) is 0.685. The zero-order valence-electron chi connectivity index (χ0n) is 12.3. The Hall–Kier alpha value is -2.06. The van der Waals surface area contributed by atoms with Crippen LogP contribution in [0, 0.1) is 0 Å². The van der Waals surface area contributed by atoms with Crippen molar-refractivity contribution in [1.82, 2.24) is 4.90 Å². The minimum absolute atomic E-state index is 0.0259. The number of rotatable bonds is 6. The Morgan fingerprint density at radius 2 is 2.22 bits per heavy atom. The summed E-state index contributed by atoms with van der Waals surface area (Å²) in [5.74, 6) is -0.934. The van der Waals surface area contributed by atoms with Gasteiger partial charge in [-0.15, -0.1) is 0 Å². The van der Waals surface area contributed by atoms with Gasteiger partial charge < -0.3 is 14.9 Å². The summed E-state index contributed by atoms with van der Waals surface area (Å²) in [6.45, 7) is 2.27. The van der Waals surface area contributed by atoms with Gasteiger partial charge in [0, 0.05) is 6.54 Å². The number of amides is 1. The van der Waals surface area contributed by atoms with Crippen molar-refractivity contribution < 1.29 is 24.5 Å². The first-order valence-electron chi connectivity index (χ1n) is 6.85. The monoisotopic (exact) mass is 353 g/mol. The third-order valence-corrected chi connectivity index (χ3v) is 4.38. The predicted octanol–water partition coefficient (Wildman–Crippen LogP) is 2.47. The highest BCUT2D eigenvalue weighted by atomic mass is 32.2. The molecule has 1 aromatic rings. The number of phenols is 1. The van der Waals surface area contributed by atoms with Crippen molar-refractivity contribution in [1.29, 1.82) is 0 Å². The van der Waals surface area contributed by atoms with E-state index in [9.17, 15) is 14.7 Å². The smallest absolute Gasteiger partial charge is 0.305 e. The molecule has 2 N–H and O–H groups in total. The minimum Gasteiger partial charge on any atom is -0.504 e. The van der Waals surface area contributed by atoms with Gasteiger partial charge in [0.15, 0.2) is 11.5 Å². The van der Waals surface area contributed by atoms with Crippen molar-refractivity contribution in [3.63, 3.8) is 0 Å². The first-order valence-corrected chi connectivity index (χ1v) is 8.07. The fraction of sp³-hybridized carbons (Fsp3) is 0.267. The van der Waals surface area contributed by atoms with Crippen molar-refractivity contribution in [3.05, 3.63) is 28.7 Å². The van der Waals surface area contributed by atoms with Crippen LogP contribution in [0.2, 0.25) is 0 Å². The summed E-state index contributed by atoms with van der Waals surface area (Å²) < 4.78 is 5.64. The summed E-state index contributed by atoms with van der Waals surface area (Å²) in [6, 6.07) is 4.77. The van der Waals surface area contributed by atoms with Crippen LogP contribution in [0.5, 0.6) is 11.5 Å². The number of thiocarbonyl (C=S) groups is 1. The summed E-state index contributed by atoms with van der Waals surface area (Å²) in [7, 11) is 0. The zero-order chi connectivity index (χ0) is 17.0. The average Bonchev–Trinajstić information content (AvgIpc) is 2.75. The highest BCUT2D eigenvalue weighted by Crippen LogP contribution is 2.34. The van der Waals surface area contributed by atoms with E-state index in [1.807, 2.05) is 0 Å². The zero-order valence-corrected chi connectivity index (χ0v) is 13.9. The molecule has 0 bridgehead atoms. The molecule has 0 aliphatic carbocycles. The number of carboxylic acid groups (broad SMARTS) is 1. The number of aromatic hydroxyl groups is 1. The lowest BCUT2D eigenvalue weighted by Gasteiger charge is -2.12. The number of benzene rings is 1. The van der Waals surface area contributed by atoms with Crippen LogP contribution in [-0.2, 0) is 9.59 Å². The number of carboxylic acids is 1. The Kier molecular flexibility index (Phi) is 5.62. The number of aliphatic carboxylic acids is 1. The Morgan fingerprint density at radius 1 is 1.48 bits per heavy atom. The lowest BCUT2D eigenvalue weighted by molar-refractivity contribution is -0.137. The highest BCUT2D eigenvalue weighted by Gasteiger charge is 2.32. The molecule has 0 spiro atoms. The van der Waals surface area contributed by atoms with Gasteiger partial charge in [0.2, 0.25) is 0 Å². The van der Waals surface area contributed by atoms with Gasteiger partial charge in [0.25, 0.3) is 5.91 Å². The third kappa shape index (κ3) is 4.23. The number of ether oxygens (including phenoxy) is 1. The van der Waals surface area contributed by atoms with Crippen LogP contribution in [-0.4, -0.2) is 44.5 Å². The van der Waals surface area contributed by atoms with E-state index in [4.69, 9.17) is 22.1 Å². The number of carbonyl (C=O) groups excluding carboxylic acids is 1. The van der Waals surface area contributed by atoms with E-state index in [0.717, 1.165) is 11.8 Å². The second kappa shape index (κ2) is 7.47. The lowest BCUT2D eigenvalue weighted by atomic mass is 10.2. The fourth-order valence-corrected chi connectivity index (χ4v) is 3.25. The van der Waals surface area contributed by atoms with E-state index < -0.39 is 5.97 Å². The second-order valence-electron chi connectivity index (χ2n) is 4.64. The molecule has 122 valence electrons. The van der Waals surface area contributed by atoms with Crippen LogP contribution in [0.4, 0.5) is 0 Å². The van der Waals surface area contributed by atoms with Gasteiger partial charge in [-0.3, -0.25) is 14.5 Å². The highest BCUT2D eigenvalue weighted by molar-refractivity contribution is 8.26. The lowest BCUT2D eigenvalue weighted by Crippen LogP contribution is -2.30. The maximum atomic E-state index is 12.3. The van der Waals surface area contributed by atoms with Crippen molar-refractivity contribution in [2.75, 3.05) is 13.2 Å². The minimum atomic E-state index is -0.983. The van der Waals surface area contributed by atoms with E-state index in [1.54, 1.807) is 25.1 Å². The number of hydrogen-bond acceptors (Lipinski definition) is 6. The van der Waals surface area contributed by atoms with Gasteiger partial charge in [0.1, 0.15) is 4.32 Å². The van der Waals surface area contributed by atoms with Gasteiger partial charge >= 0.3 is 5.97 Å². The van der Waals surface area contributed by atoms with Crippen LogP contribution in [0.15, 0.2) is 23.1 Å². The van der Waals surface area contributed by atoms with Gasteiger partial charge in [-0.25, -0.2) is 0 Å². The topological polar surface area (TPSA) is 87.1 Å². The first-order chi connectivity index (χ1) is 10.9. The molecule has 1 saturated heterocycles. The van der Waals surface area contributed by atoms with Crippen molar-refractivity contribution >= 4 is 46.3 Å². The Labute approximate surface area is 142 Å². The van der Waals surface area contributed by atoms with Gasteiger partial charge in [-0.2, -0.15) is 0 Å². The molecule has 1 aliphatic heterocycles. The number of hydrogen-bond donors (Lipinski definition) is 2. The standard InChI is InChI=1S/C15H15NO5S2/c1-2-21-11-7-9(3-4-10(11)17)8-12-14(20)16(15(22)23-12)6-5-13(18)19/h3-4,7-8,17H,2,5-6H2,1H3,(H,18,19)/b12-8-. The molecule has 23 heavy (non-hydrogen) atoms. The van der Waals surface area contributed by atoms with Crippen molar-refractivity contribution in [3.8, 4) is 11.5 Å². The molecule has 0 atom stereocenters. The SMILES string of the molecule is CCOc1cc(/C=C2\SC(=S)N(CCC(=O)O)C2=O)ccc1O. The first kappa shape index (κ1) is 17.3. The van der Waals surface area contributed by atoms with E-state index in [0.29, 0.717) is 27.1 Å². The molecule has 8 heteroatoms. The number of phenolic OH excluding ortho intramolecular Hbond substituents is 1. The van der Waals surface area contributed by atoms with Crippen LogP contribution >= 0.6 is 24.0 Å². The number of carbonyl (C=O) groups is 2. The molecule has 0 unspecified atom stereocenters. The average molecular weight is 353 g/mol. The molecule has 6 nitrogen and oxygen atoms in total. The number of nitrogens with zero attached hydrogens (tertiary/aromatic N) is 1. The Bertz CT molecular complexity index is 686. The summed E-state index contributed by atoms with van der Waals surface area (Å²) in [4.78, 5) is 24.6. The fourth-order valence-electron chi connectivity index (χ4n) is 1.94. The molecule has 0 radical (unpaired) electrons. The quantitative estimate of drug-likeness (QED) is 0.600. The molecule has 0 saturated carbocycles. The van der Waals surface area contributed by atoms with E-state index >= 15 is 0 Å². The Balaban J connectivity index is 2.20. The van der Waals surface area contributed by atoms with E-state index in [-0.39, 0.29) is 24.6 Å². The third-order valence-electron chi connectivity index (χ3n) is 3.00. The summed E-state index contributed by atoms with van der Waals surface area (Å²) >= 11 is 6.24. The van der Waals surface area contributed by atoms with E-state index in [1.165, 1.54) is 11.0 Å². The molecular formula is C15H15NO5S2. The molecule has 1 aromatic carbocycles. The number of thioether (sulfide) groups is 1. The Morgan fingerprint density at radius 3 is 2.87 bits per heavy atom. The summed E-state index contributed by atoms with van der Waals surface area (Å²) in [5, 5.41) is 18.4. The maximum Gasteiger partial charge on any atom is 0.305 e. The van der Waals surface area contributed by atoms with Crippen LogP contribution < -0.4 is 4.74 Å². The van der Waals surface area contributed by atoms with E-state index in [2.05, 4.69) is 0 Å². The van der Waals surface area contributed by atoms with Crippen molar-refractivity contribution in [2.24, 2.45) is 0 Å². The van der Waals surface area contributed by atoms with Crippen LogP contribution in [0.3, 0.4) is 0 Å². The molecule has 0 aromatic heterocycles. The molecule has 1 amide bonds. The second-order valence-corrected chi connectivity index (χ2v) is 6.31. The van der Waals surface area contributed by atoms with Gasteiger partial charge in [0.05, 0.1) is 17.9 Å². The normalized spacial score (nSPS) is 16.2. The summed E-state index contributed by atoms with van der Waals surface area (Å²) in [6.07, 6.45) is 1.48. The molecule has 1 aliphatic rings. The van der Waals surface area contributed by atoms with Gasteiger partial charge in [-0.1, -0.05) is 30.0 Å². The van der Waals surface area contributed by atoms with Crippen LogP contribution in [0.1, 0.15) is 18.9 Å². The van der Waals surface area contributed by atoms with Crippen molar-refractivity contribution in [2.45, 2.75) is 13.3 Å². The predicted molar refractivity (Wildman–Crippen MR) is 91.4 cm³/mol. The maximum absolute atomic E-state index is 12.3. The molecule has 2 rings (SSSR count). The largest absolute Gasteiger partial charge is 0.504 e.